The Hall–Kier alpha value is -1.61. The lowest BCUT2D eigenvalue weighted by atomic mass is 9.97. The molecule has 0 amide bonds. The van der Waals surface area contributed by atoms with Crippen molar-refractivity contribution in [3.63, 3.8) is 0 Å². The van der Waals surface area contributed by atoms with E-state index in [-0.39, 0.29) is 6.15 Å². The Morgan fingerprint density at radius 3 is 2.13 bits per heavy atom. The van der Waals surface area contributed by atoms with Crippen molar-refractivity contribution in [3.8, 4) is 0 Å². The lowest BCUT2D eigenvalue weighted by Gasteiger charge is -2.08. The molecule has 0 saturated heterocycles. The van der Waals surface area contributed by atoms with E-state index in [1.807, 2.05) is 45.0 Å². The van der Waals surface area contributed by atoms with Gasteiger partial charge >= 0.3 is 5.97 Å². The number of carboxylic acid groups (broad SMARTS) is 1. The van der Waals surface area contributed by atoms with Crippen molar-refractivity contribution in [2.75, 3.05) is 0 Å². The van der Waals surface area contributed by atoms with Crippen LogP contribution in [0.15, 0.2) is 29.8 Å². The standard InChI is InChI=1S/C12H14O2.H3N/c1-8(2)11(12(13)14)10-7-5-4-6-9(10)3;/h4-7H,1-3H3,(H,13,14);1H3. The van der Waals surface area contributed by atoms with E-state index in [1.54, 1.807) is 0 Å². The van der Waals surface area contributed by atoms with Gasteiger partial charge in [-0.1, -0.05) is 29.8 Å². The zero-order valence-electron chi connectivity index (χ0n) is 9.37. The van der Waals surface area contributed by atoms with Crippen LogP contribution in [0.25, 0.3) is 5.57 Å². The lowest BCUT2D eigenvalue weighted by Crippen LogP contribution is -2.03. The monoisotopic (exact) mass is 207 g/mol. The Morgan fingerprint density at radius 2 is 1.73 bits per heavy atom. The lowest BCUT2D eigenvalue weighted by molar-refractivity contribution is -0.130. The van der Waals surface area contributed by atoms with E-state index in [0.717, 1.165) is 16.7 Å². The molecule has 0 bridgehead atoms. The summed E-state index contributed by atoms with van der Waals surface area (Å²) in [5.41, 5.74) is 3.03. The summed E-state index contributed by atoms with van der Waals surface area (Å²) in [4.78, 5) is 11.0. The van der Waals surface area contributed by atoms with Crippen molar-refractivity contribution in [1.82, 2.24) is 6.15 Å². The fourth-order valence-corrected chi connectivity index (χ4v) is 1.45. The molecule has 1 rings (SSSR count). The first-order chi connectivity index (χ1) is 6.54. The van der Waals surface area contributed by atoms with E-state index in [1.165, 1.54) is 0 Å². The van der Waals surface area contributed by atoms with Gasteiger partial charge in [-0.2, -0.15) is 0 Å². The van der Waals surface area contributed by atoms with Gasteiger partial charge in [0.15, 0.2) is 0 Å². The minimum atomic E-state index is -0.862. The smallest absolute Gasteiger partial charge is 0.336 e. The number of hydrogen-bond donors (Lipinski definition) is 2. The van der Waals surface area contributed by atoms with E-state index >= 15 is 0 Å². The molecule has 1 aromatic carbocycles. The van der Waals surface area contributed by atoms with E-state index in [0.29, 0.717) is 5.57 Å². The van der Waals surface area contributed by atoms with Crippen molar-refractivity contribution in [3.05, 3.63) is 41.0 Å². The normalized spacial score (nSPS) is 9.00. The zero-order valence-corrected chi connectivity index (χ0v) is 9.37. The number of hydrogen-bond acceptors (Lipinski definition) is 2. The second kappa shape index (κ2) is 5.32. The summed E-state index contributed by atoms with van der Waals surface area (Å²) in [6.07, 6.45) is 0. The van der Waals surface area contributed by atoms with Gasteiger partial charge in [-0.05, 0) is 31.9 Å². The van der Waals surface area contributed by atoms with Crippen molar-refractivity contribution in [1.29, 1.82) is 0 Å². The van der Waals surface area contributed by atoms with Crippen LogP contribution in [0.3, 0.4) is 0 Å². The molecule has 3 heteroatoms. The molecule has 0 saturated carbocycles. The van der Waals surface area contributed by atoms with Crippen LogP contribution in [0.1, 0.15) is 25.0 Å². The highest BCUT2D eigenvalue weighted by Gasteiger charge is 2.13. The summed E-state index contributed by atoms with van der Waals surface area (Å²) in [6, 6.07) is 7.52. The molecule has 0 spiro atoms. The van der Waals surface area contributed by atoms with Gasteiger partial charge in [0, 0.05) is 0 Å². The second-order valence-corrected chi connectivity index (χ2v) is 3.50. The summed E-state index contributed by atoms with van der Waals surface area (Å²) in [5.74, 6) is -0.862. The molecule has 0 aromatic heterocycles. The molecule has 15 heavy (non-hydrogen) atoms. The average Bonchev–Trinajstić information content (AvgIpc) is 2.07. The van der Waals surface area contributed by atoms with Gasteiger partial charge in [-0.15, -0.1) is 0 Å². The van der Waals surface area contributed by atoms with Gasteiger partial charge in [-0.25, -0.2) is 4.79 Å². The number of aliphatic carboxylic acids is 1. The Bertz CT molecular complexity index is 390. The first kappa shape index (κ1) is 13.4. The summed E-state index contributed by atoms with van der Waals surface area (Å²) >= 11 is 0. The third-order valence-corrected chi connectivity index (χ3v) is 2.13. The fourth-order valence-electron chi connectivity index (χ4n) is 1.45. The Morgan fingerprint density at radius 1 is 1.20 bits per heavy atom. The summed E-state index contributed by atoms with van der Waals surface area (Å²) < 4.78 is 0. The van der Waals surface area contributed by atoms with E-state index in [4.69, 9.17) is 5.11 Å². The molecule has 0 radical (unpaired) electrons. The predicted molar refractivity (Wildman–Crippen MR) is 62.1 cm³/mol. The molecule has 0 heterocycles. The molecule has 1 aromatic rings. The van der Waals surface area contributed by atoms with Gasteiger partial charge in [0.05, 0.1) is 5.57 Å². The molecule has 4 N–H and O–H groups in total. The average molecular weight is 207 g/mol. The Labute approximate surface area is 90.0 Å². The Balaban J connectivity index is 0.00000196. The molecule has 3 nitrogen and oxygen atoms in total. The van der Waals surface area contributed by atoms with Gasteiger partial charge in [0.25, 0.3) is 0 Å². The number of aryl methyl sites for hydroxylation is 1. The topological polar surface area (TPSA) is 72.3 Å². The second-order valence-electron chi connectivity index (χ2n) is 3.50. The van der Waals surface area contributed by atoms with E-state index in [9.17, 15) is 4.79 Å². The van der Waals surface area contributed by atoms with E-state index in [2.05, 4.69) is 0 Å². The molecule has 0 aliphatic heterocycles. The fraction of sp³-hybridized carbons (Fsp3) is 0.250. The molecular weight excluding hydrogens is 190 g/mol. The van der Waals surface area contributed by atoms with E-state index < -0.39 is 5.97 Å². The highest BCUT2D eigenvalue weighted by atomic mass is 16.4. The number of rotatable bonds is 2. The summed E-state index contributed by atoms with van der Waals surface area (Å²) in [6.45, 7) is 5.55. The highest BCUT2D eigenvalue weighted by molar-refractivity contribution is 6.16. The van der Waals surface area contributed by atoms with Crippen LogP contribution in [0.5, 0.6) is 0 Å². The van der Waals surface area contributed by atoms with Crippen molar-refractivity contribution >= 4 is 11.5 Å². The largest absolute Gasteiger partial charge is 0.478 e. The SMILES string of the molecule is CC(C)=C(C(=O)O)c1ccccc1C.N. The molecule has 0 fully saturated rings. The van der Waals surface area contributed by atoms with Gasteiger partial charge in [0.1, 0.15) is 0 Å². The third kappa shape index (κ3) is 2.92. The number of carboxylic acids is 1. The van der Waals surface area contributed by atoms with Crippen molar-refractivity contribution in [2.45, 2.75) is 20.8 Å². The number of allylic oxidation sites excluding steroid dienone is 1. The van der Waals surface area contributed by atoms with Crippen LogP contribution in [0.2, 0.25) is 0 Å². The quantitative estimate of drug-likeness (QED) is 0.732. The van der Waals surface area contributed by atoms with Gasteiger partial charge in [0.2, 0.25) is 0 Å². The summed E-state index contributed by atoms with van der Waals surface area (Å²) in [7, 11) is 0. The maximum Gasteiger partial charge on any atom is 0.336 e. The Kier molecular flexibility index (Phi) is 4.74. The molecule has 82 valence electrons. The van der Waals surface area contributed by atoms with Crippen LogP contribution in [0, 0.1) is 6.92 Å². The van der Waals surface area contributed by atoms with Gasteiger partial charge in [-0.3, -0.25) is 0 Å². The first-order valence-corrected chi connectivity index (χ1v) is 4.51. The zero-order chi connectivity index (χ0) is 10.7. The summed E-state index contributed by atoms with van der Waals surface area (Å²) in [5, 5.41) is 9.06. The maximum atomic E-state index is 11.0. The number of carbonyl (C=O) groups is 1. The van der Waals surface area contributed by atoms with Crippen molar-refractivity contribution in [2.24, 2.45) is 0 Å². The van der Waals surface area contributed by atoms with Crippen LogP contribution in [0.4, 0.5) is 0 Å². The molecule has 0 unspecified atom stereocenters. The van der Waals surface area contributed by atoms with Crippen molar-refractivity contribution < 1.29 is 9.90 Å². The minimum Gasteiger partial charge on any atom is -0.478 e. The third-order valence-electron chi connectivity index (χ3n) is 2.13. The van der Waals surface area contributed by atoms with Crippen LogP contribution >= 0.6 is 0 Å². The van der Waals surface area contributed by atoms with Crippen LogP contribution in [-0.2, 0) is 4.79 Å². The molecule has 0 aliphatic carbocycles. The van der Waals surface area contributed by atoms with Crippen LogP contribution in [-0.4, -0.2) is 11.1 Å². The number of benzene rings is 1. The highest BCUT2D eigenvalue weighted by Crippen LogP contribution is 2.21. The van der Waals surface area contributed by atoms with Crippen LogP contribution < -0.4 is 6.15 Å². The predicted octanol–water partition coefficient (Wildman–Crippen LogP) is 3.04. The van der Waals surface area contributed by atoms with Gasteiger partial charge < -0.3 is 11.3 Å². The molecule has 0 atom stereocenters. The first-order valence-electron chi connectivity index (χ1n) is 4.51. The minimum absolute atomic E-state index is 0. The maximum absolute atomic E-state index is 11.0. The molecular formula is C12H17NO2. The molecule has 0 aliphatic rings.